The molecule has 0 aliphatic rings. The summed E-state index contributed by atoms with van der Waals surface area (Å²) in [5, 5.41) is 0. The first kappa shape index (κ1) is 25.2. The van der Waals surface area contributed by atoms with Gasteiger partial charge in [-0.2, -0.15) is 0 Å². The number of benzene rings is 3. The molecule has 0 saturated heterocycles. The van der Waals surface area contributed by atoms with Crippen LogP contribution in [0.4, 0.5) is 0 Å². The molecule has 0 aliphatic heterocycles. The van der Waals surface area contributed by atoms with E-state index in [-0.39, 0.29) is 0 Å². The Balaban J connectivity index is 1.80. The molecule has 4 nitrogen and oxygen atoms in total. The molecule has 0 radical (unpaired) electrons. The molecule has 0 aromatic heterocycles. The van der Waals surface area contributed by atoms with Gasteiger partial charge in [-0.1, -0.05) is 73.7 Å². The third kappa shape index (κ3) is 7.85. The molecule has 0 spiro atoms. The van der Waals surface area contributed by atoms with Crippen molar-refractivity contribution >= 4 is 7.60 Å². The van der Waals surface area contributed by atoms with Crippen LogP contribution in [0.1, 0.15) is 48.6 Å². The predicted octanol–water partition coefficient (Wildman–Crippen LogP) is 7.23. The summed E-state index contributed by atoms with van der Waals surface area (Å²) in [7, 11) is -3.13. The highest BCUT2D eigenvalue weighted by Crippen LogP contribution is 2.48. The summed E-state index contributed by atoms with van der Waals surface area (Å²) >= 11 is 0. The van der Waals surface area contributed by atoms with Crippen LogP contribution < -0.4 is 4.74 Å². The van der Waals surface area contributed by atoms with Crippen molar-refractivity contribution in [3.63, 3.8) is 0 Å². The fourth-order valence-electron chi connectivity index (χ4n) is 3.76. The SMILES string of the molecule is CCOP(=O)(CCc1cc(Cc2ccc(CC)cc2)ccc1OCc1ccccc1)OCC. The Bertz CT molecular complexity index is 1020. The lowest BCUT2D eigenvalue weighted by molar-refractivity contribution is 0.220. The molecule has 33 heavy (non-hydrogen) atoms. The number of ether oxygens (including phenoxy) is 1. The van der Waals surface area contributed by atoms with Crippen LogP contribution in [0.2, 0.25) is 0 Å². The van der Waals surface area contributed by atoms with Crippen LogP contribution in [-0.2, 0) is 39.5 Å². The standard InChI is InChI=1S/C28H35O4P/c1-4-23-12-14-24(15-13-23)20-26-16-17-28(30-22-25-10-8-7-9-11-25)27(21-26)18-19-33(29,31-5-2)32-6-3/h7-17,21H,4-6,18-20,22H2,1-3H3. The lowest BCUT2D eigenvalue weighted by atomic mass is 10.00. The molecule has 0 saturated carbocycles. The van der Waals surface area contributed by atoms with Gasteiger partial charge in [-0.05, 0) is 67.0 Å². The molecule has 176 valence electrons. The Morgan fingerprint density at radius 1 is 0.727 bits per heavy atom. The van der Waals surface area contributed by atoms with Gasteiger partial charge in [-0.3, -0.25) is 4.57 Å². The van der Waals surface area contributed by atoms with E-state index in [0.717, 1.165) is 29.7 Å². The van der Waals surface area contributed by atoms with E-state index >= 15 is 0 Å². The minimum Gasteiger partial charge on any atom is -0.489 e. The fraction of sp³-hybridized carbons (Fsp3) is 0.357. The van der Waals surface area contributed by atoms with Crippen molar-refractivity contribution in [3.8, 4) is 5.75 Å². The van der Waals surface area contributed by atoms with Crippen LogP contribution in [0.3, 0.4) is 0 Å². The van der Waals surface area contributed by atoms with Crippen molar-refractivity contribution in [3.05, 3.63) is 101 Å². The lowest BCUT2D eigenvalue weighted by Crippen LogP contribution is -2.05. The zero-order chi connectivity index (χ0) is 23.5. The maximum absolute atomic E-state index is 13.0. The second kappa shape index (κ2) is 12.7. The van der Waals surface area contributed by atoms with Crippen LogP contribution in [-0.4, -0.2) is 19.4 Å². The van der Waals surface area contributed by atoms with E-state index < -0.39 is 7.60 Å². The normalized spacial score (nSPS) is 11.5. The molecular formula is C28H35O4P. The van der Waals surface area contributed by atoms with E-state index in [0.29, 0.717) is 32.4 Å². The smallest absolute Gasteiger partial charge is 0.330 e. The van der Waals surface area contributed by atoms with Gasteiger partial charge < -0.3 is 13.8 Å². The van der Waals surface area contributed by atoms with Crippen molar-refractivity contribution in [1.29, 1.82) is 0 Å². The summed E-state index contributed by atoms with van der Waals surface area (Å²) in [6, 6.07) is 25.2. The molecule has 0 fully saturated rings. The van der Waals surface area contributed by atoms with Gasteiger partial charge in [-0.25, -0.2) is 0 Å². The van der Waals surface area contributed by atoms with Crippen LogP contribution in [0.15, 0.2) is 72.8 Å². The first-order valence-electron chi connectivity index (χ1n) is 11.8. The monoisotopic (exact) mass is 466 g/mol. The van der Waals surface area contributed by atoms with Gasteiger partial charge in [-0.15, -0.1) is 0 Å². The second-order valence-corrected chi connectivity index (χ2v) is 10.2. The second-order valence-electron chi connectivity index (χ2n) is 7.98. The average Bonchev–Trinajstić information content (AvgIpc) is 2.83. The first-order chi connectivity index (χ1) is 16.0. The van der Waals surface area contributed by atoms with Gasteiger partial charge in [0.2, 0.25) is 0 Å². The number of hydrogen-bond donors (Lipinski definition) is 0. The van der Waals surface area contributed by atoms with E-state index in [4.69, 9.17) is 13.8 Å². The highest BCUT2D eigenvalue weighted by atomic mass is 31.2. The largest absolute Gasteiger partial charge is 0.489 e. The summed E-state index contributed by atoms with van der Waals surface area (Å²) < 4.78 is 30.2. The van der Waals surface area contributed by atoms with E-state index in [2.05, 4.69) is 43.3 Å². The lowest BCUT2D eigenvalue weighted by Gasteiger charge is -2.18. The third-order valence-corrected chi connectivity index (χ3v) is 7.58. The van der Waals surface area contributed by atoms with Gasteiger partial charge in [0.1, 0.15) is 12.4 Å². The van der Waals surface area contributed by atoms with Gasteiger partial charge in [0.15, 0.2) is 0 Å². The van der Waals surface area contributed by atoms with E-state index in [9.17, 15) is 4.57 Å². The Morgan fingerprint density at radius 2 is 1.36 bits per heavy atom. The topological polar surface area (TPSA) is 44.8 Å². The maximum atomic E-state index is 13.0. The molecule has 3 rings (SSSR count). The quantitative estimate of drug-likeness (QED) is 0.249. The van der Waals surface area contributed by atoms with Crippen LogP contribution >= 0.6 is 7.60 Å². The number of rotatable bonds is 13. The fourth-order valence-corrected chi connectivity index (χ4v) is 5.39. The molecule has 3 aromatic rings. The Morgan fingerprint density at radius 3 is 2.00 bits per heavy atom. The van der Waals surface area contributed by atoms with Gasteiger partial charge in [0.25, 0.3) is 0 Å². The Labute approximate surface area is 198 Å². The summed E-state index contributed by atoms with van der Waals surface area (Å²) in [5.74, 6) is 0.809. The molecule has 0 amide bonds. The summed E-state index contributed by atoms with van der Waals surface area (Å²) in [4.78, 5) is 0. The summed E-state index contributed by atoms with van der Waals surface area (Å²) in [6.07, 6.45) is 2.76. The van der Waals surface area contributed by atoms with Crippen LogP contribution in [0.25, 0.3) is 0 Å². The molecule has 0 unspecified atom stereocenters. The minimum absolute atomic E-state index is 0.324. The highest BCUT2D eigenvalue weighted by Gasteiger charge is 2.24. The summed E-state index contributed by atoms with van der Waals surface area (Å²) in [6.45, 7) is 7.05. The molecular weight excluding hydrogens is 431 g/mol. The van der Waals surface area contributed by atoms with Crippen LogP contribution in [0.5, 0.6) is 5.75 Å². The van der Waals surface area contributed by atoms with Crippen molar-refractivity contribution in [1.82, 2.24) is 0 Å². The Kier molecular flexibility index (Phi) is 9.75. The highest BCUT2D eigenvalue weighted by molar-refractivity contribution is 7.53. The van der Waals surface area contributed by atoms with E-state index in [1.165, 1.54) is 16.7 Å². The average molecular weight is 467 g/mol. The number of aryl methyl sites for hydroxylation is 2. The molecule has 0 N–H and O–H groups in total. The van der Waals surface area contributed by atoms with Crippen LogP contribution in [0, 0.1) is 0 Å². The van der Waals surface area contributed by atoms with Gasteiger partial charge in [0.05, 0.1) is 19.4 Å². The molecule has 5 heteroatoms. The van der Waals surface area contributed by atoms with Crippen molar-refractivity contribution in [2.24, 2.45) is 0 Å². The van der Waals surface area contributed by atoms with E-state index in [1.807, 2.05) is 50.2 Å². The van der Waals surface area contributed by atoms with E-state index in [1.54, 1.807) is 0 Å². The summed E-state index contributed by atoms with van der Waals surface area (Å²) in [5.41, 5.74) is 5.94. The number of hydrogen-bond acceptors (Lipinski definition) is 4. The predicted molar refractivity (Wildman–Crippen MR) is 135 cm³/mol. The minimum atomic E-state index is -3.13. The maximum Gasteiger partial charge on any atom is 0.330 e. The van der Waals surface area contributed by atoms with Gasteiger partial charge in [0, 0.05) is 0 Å². The molecule has 3 aromatic carbocycles. The molecule has 0 heterocycles. The third-order valence-electron chi connectivity index (χ3n) is 5.51. The van der Waals surface area contributed by atoms with Crippen molar-refractivity contribution in [2.75, 3.05) is 19.4 Å². The van der Waals surface area contributed by atoms with Crippen molar-refractivity contribution in [2.45, 2.75) is 46.6 Å². The molecule has 0 atom stereocenters. The zero-order valence-electron chi connectivity index (χ0n) is 20.0. The first-order valence-corrected chi connectivity index (χ1v) is 13.5. The van der Waals surface area contributed by atoms with Crippen molar-refractivity contribution < 1.29 is 18.3 Å². The molecule has 0 bridgehead atoms. The Hall–Kier alpha value is -2.39. The van der Waals surface area contributed by atoms with Gasteiger partial charge >= 0.3 is 7.60 Å². The molecule has 0 aliphatic carbocycles. The zero-order valence-corrected chi connectivity index (χ0v) is 20.9.